The molecule has 4 saturated carbocycles. The first-order valence-electron chi connectivity index (χ1n) is 17.7. The minimum atomic E-state index is -2.04. The first kappa shape index (κ1) is 31.7. The number of allylic oxidation sites excluding steroid dienone is 4. The fraction of sp³-hybridized carbons (Fsp3) is 0.692. The van der Waals surface area contributed by atoms with E-state index in [1.165, 1.54) is 38.2 Å². The number of alkyl halides is 2. The highest BCUT2D eigenvalue weighted by atomic mass is 19.1. The lowest BCUT2D eigenvalue weighted by Crippen LogP contribution is -2.70. The van der Waals surface area contributed by atoms with Gasteiger partial charge in [-0.1, -0.05) is 87.1 Å². The van der Waals surface area contributed by atoms with Crippen LogP contribution < -0.4 is 0 Å². The number of aryl methyl sites for hydroxylation is 1. The van der Waals surface area contributed by atoms with Gasteiger partial charge in [0.1, 0.15) is 5.75 Å². The number of Topliss-reactive ketones (excluding diaryl/α,β-unsaturated/α-hetero) is 1. The number of ketones is 2. The zero-order valence-corrected chi connectivity index (χ0v) is 27.1. The van der Waals surface area contributed by atoms with Crippen LogP contribution in [-0.2, 0) is 9.59 Å². The minimum Gasteiger partial charge on any atom is -0.508 e. The molecule has 44 heavy (non-hydrogen) atoms. The highest BCUT2D eigenvalue weighted by molar-refractivity contribution is 6.02. The van der Waals surface area contributed by atoms with Crippen LogP contribution in [0.3, 0.4) is 0 Å². The van der Waals surface area contributed by atoms with E-state index in [1.54, 1.807) is 0 Å². The summed E-state index contributed by atoms with van der Waals surface area (Å²) in [6, 6.07) is 6.08. The molecule has 0 heterocycles. The van der Waals surface area contributed by atoms with E-state index in [4.69, 9.17) is 0 Å². The Labute approximate surface area is 263 Å². The summed E-state index contributed by atoms with van der Waals surface area (Å²) in [5.74, 6) is -2.93. The van der Waals surface area contributed by atoms with Gasteiger partial charge >= 0.3 is 0 Å². The lowest BCUT2D eigenvalue weighted by atomic mass is 9.43. The van der Waals surface area contributed by atoms with E-state index in [2.05, 4.69) is 12.1 Å². The molecule has 0 aliphatic heterocycles. The molecule has 240 valence electrons. The summed E-state index contributed by atoms with van der Waals surface area (Å²) in [6.07, 6.45) is 18.4. The van der Waals surface area contributed by atoms with Crippen molar-refractivity contribution in [3.63, 3.8) is 0 Å². The number of hydrogen-bond donors (Lipinski definition) is 1. The number of aromatic hydroxyl groups is 1. The van der Waals surface area contributed by atoms with Crippen molar-refractivity contribution < 1.29 is 23.5 Å². The van der Waals surface area contributed by atoms with Gasteiger partial charge in [-0.25, -0.2) is 8.78 Å². The number of rotatable bonds is 3. The van der Waals surface area contributed by atoms with Crippen LogP contribution in [0, 0.1) is 42.4 Å². The summed E-state index contributed by atoms with van der Waals surface area (Å²) in [6.45, 7) is 5.76. The molecular formula is C39H52F2O3. The van der Waals surface area contributed by atoms with Gasteiger partial charge in [0.2, 0.25) is 0 Å². The van der Waals surface area contributed by atoms with Crippen molar-refractivity contribution in [3.05, 3.63) is 52.6 Å². The van der Waals surface area contributed by atoms with E-state index in [-0.39, 0.29) is 23.5 Å². The Hall–Kier alpha value is -2.30. The van der Waals surface area contributed by atoms with Crippen LogP contribution in [0.1, 0.15) is 127 Å². The van der Waals surface area contributed by atoms with Gasteiger partial charge < -0.3 is 5.11 Å². The Morgan fingerprint density at radius 3 is 1.84 bits per heavy atom. The summed E-state index contributed by atoms with van der Waals surface area (Å²) in [5.41, 5.74) is -0.107. The normalized spacial score (nSPS) is 36.7. The third-order valence-corrected chi connectivity index (χ3v) is 12.6. The van der Waals surface area contributed by atoms with Crippen LogP contribution in [0.25, 0.3) is 0 Å². The Balaban J connectivity index is 0.000000205. The Morgan fingerprint density at radius 1 is 0.727 bits per heavy atom. The minimum absolute atomic E-state index is 0.325. The fourth-order valence-electron chi connectivity index (χ4n) is 10.4. The van der Waals surface area contributed by atoms with E-state index < -0.39 is 34.9 Å². The Kier molecular flexibility index (Phi) is 8.98. The summed E-state index contributed by atoms with van der Waals surface area (Å²) in [7, 11) is 0. The fourth-order valence-corrected chi connectivity index (χ4v) is 10.4. The average Bonchev–Trinajstić information content (AvgIpc) is 3.03. The first-order chi connectivity index (χ1) is 21.1. The number of carbonyl (C=O) groups excluding carboxylic acids is 2. The number of phenols is 1. The lowest BCUT2D eigenvalue weighted by Gasteiger charge is -2.60. The van der Waals surface area contributed by atoms with Crippen LogP contribution in [0.4, 0.5) is 8.78 Å². The molecule has 4 fully saturated rings. The van der Waals surface area contributed by atoms with Crippen molar-refractivity contribution in [2.45, 2.75) is 134 Å². The molecule has 5 heteroatoms. The molecule has 0 radical (unpaired) electrons. The van der Waals surface area contributed by atoms with Gasteiger partial charge in [-0.2, -0.15) is 0 Å². The number of hydrogen-bond acceptors (Lipinski definition) is 3. The highest BCUT2D eigenvalue weighted by Crippen LogP contribution is 2.64. The molecule has 7 aliphatic carbocycles. The Morgan fingerprint density at radius 2 is 1.27 bits per heavy atom. The molecule has 0 spiro atoms. The number of carbonyl (C=O) groups is 2. The number of halogens is 2. The molecule has 2 bridgehead atoms. The molecule has 6 atom stereocenters. The average molecular weight is 607 g/mol. The van der Waals surface area contributed by atoms with Gasteiger partial charge in [0.25, 0.3) is 0 Å². The van der Waals surface area contributed by atoms with Crippen LogP contribution in [0.2, 0.25) is 0 Å². The second kappa shape index (κ2) is 12.5. The number of benzene rings is 1. The molecule has 0 aromatic heterocycles. The van der Waals surface area contributed by atoms with Crippen molar-refractivity contribution in [2.24, 2.45) is 35.5 Å². The molecule has 1 aromatic rings. The molecule has 0 unspecified atom stereocenters. The predicted octanol–water partition coefficient (Wildman–Crippen LogP) is 9.85. The maximum atomic E-state index is 17.1. The topological polar surface area (TPSA) is 54.4 Å². The second-order valence-electron chi connectivity index (χ2n) is 15.2. The monoisotopic (exact) mass is 606 g/mol. The van der Waals surface area contributed by atoms with E-state index >= 15 is 8.78 Å². The first-order valence-corrected chi connectivity index (χ1v) is 17.7. The van der Waals surface area contributed by atoms with Crippen LogP contribution >= 0.6 is 0 Å². The molecule has 7 aliphatic rings. The van der Waals surface area contributed by atoms with Crippen molar-refractivity contribution >= 4 is 11.6 Å². The molecule has 1 N–H and O–H groups in total. The quantitative estimate of drug-likeness (QED) is 0.349. The highest BCUT2D eigenvalue weighted by Gasteiger charge is 2.72. The van der Waals surface area contributed by atoms with E-state index in [0.29, 0.717) is 37.4 Å². The van der Waals surface area contributed by atoms with Crippen LogP contribution in [-0.4, -0.2) is 28.0 Å². The molecule has 0 saturated heterocycles. The smallest absolute Gasteiger partial charge is 0.193 e. The van der Waals surface area contributed by atoms with Crippen molar-refractivity contribution in [3.8, 4) is 5.75 Å². The van der Waals surface area contributed by atoms with Gasteiger partial charge in [0, 0.05) is 35.5 Å². The number of fused-ring (bicyclic) bond motifs is 1. The van der Waals surface area contributed by atoms with Gasteiger partial charge in [-0.05, 0) is 88.5 Å². The predicted molar refractivity (Wildman–Crippen MR) is 171 cm³/mol. The van der Waals surface area contributed by atoms with Crippen molar-refractivity contribution in [2.75, 3.05) is 0 Å². The molecule has 8 rings (SSSR count). The maximum absolute atomic E-state index is 17.1. The zero-order valence-electron chi connectivity index (χ0n) is 27.1. The number of phenolic OH excluding ortho intramolecular Hbond substituents is 1. The largest absolute Gasteiger partial charge is 0.508 e. The third kappa shape index (κ3) is 5.22. The van der Waals surface area contributed by atoms with Gasteiger partial charge in [-0.15, -0.1) is 0 Å². The Bertz CT molecular complexity index is 1310. The molecular weight excluding hydrogens is 554 g/mol. The van der Waals surface area contributed by atoms with Crippen molar-refractivity contribution in [1.82, 2.24) is 0 Å². The lowest BCUT2D eigenvalue weighted by molar-refractivity contribution is -0.177. The zero-order chi connectivity index (χ0) is 31.2. The molecule has 1 aromatic carbocycles. The van der Waals surface area contributed by atoms with Gasteiger partial charge in [0.05, 0.1) is 0 Å². The van der Waals surface area contributed by atoms with E-state index in [1.807, 2.05) is 32.9 Å². The molecule has 3 nitrogen and oxygen atoms in total. The summed E-state index contributed by atoms with van der Waals surface area (Å²) < 4.78 is 34.0. The van der Waals surface area contributed by atoms with Gasteiger partial charge in [-0.3, -0.25) is 9.59 Å². The van der Waals surface area contributed by atoms with E-state index in [0.717, 1.165) is 60.8 Å². The summed E-state index contributed by atoms with van der Waals surface area (Å²) in [5, 5.41) is 9.84. The second-order valence-corrected chi connectivity index (χ2v) is 15.2. The third-order valence-electron chi connectivity index (χ3n) is 12.6. The van der Waals surface area contributed by atoms with Gasteiger partial charge in [0.15, 0.2) is 22.9 Å². The van der Waals surface area contributed by atoms with Crippen LogP contribution in [0.15, 0.2) is 41.5 Å². The summed E-state index contributed by atoms with van der Waals surface area (Å²) in [4.78, 5) is 26.9. The maximum Gasteiger partial charge on any atom is 0.193 e. The van der Waals surface area contributed by atoms with Crippen LogP contribution in [0.5, 0.6) is 5.75 Å². The standard InChI is InChI=1S/C26H34F2O2.C13H18O/c1-15-13-19-23-21(22(15)24(30)25(19,27)17-9-5-3-6-10-17)16(2)14-20(29)26(23,28)18-11-7-4-8-12-18;1-10-7-8-12(13(14)9-10)11-5-3-2-4-6-11/h13-14,17-19,21-23H,3-12H2,1-2H3;7-9,11,14H,2-6H2,1H3/t19-,21-,22+,23+,25+,26-;/m0./s1. The van der Waals surface area contributed by atoms with Crippen molar-refractivity contribution in [1.29, 1.82) is 0 Å². The van der Waals surface area contributed by atoms with E-state index in [9.17, 15) is 14.7 Å². The summed E-state index contributed by atoms with van der Waals surface area (Å²) >= 11 is 0. The molecule has 0 amide bonds. The SMILES string of the molecule is CC1=C[C@H]2[C@@H]3[C@@H](C(C)=CC(=O)[C@@]3(F)C3CCCCC3)[C@@H]1C(=O)[C@@]2(F)C1CCCCC1.Cc1ccc(C2CCCCC2)c(O)c1.